The predicted molar refractivity (Wildman–Crippen MR) is 73.4 cm³/mol. The minimum absolute atomic E-state index is 0.0110. The smallest absolute Gasteiger partial charge is 0.285 e. The topological polar surface area (TPSA) is 127 Å². The number of nitro benzene ring substituents is 1. The van der Waals surface area contributed by atoms with Gasteiger partial charge in [-0.05, 0) is 13.0 Å². The summed E-state index contributed by atoms with van der Waals surface area (Å²) < 4.78 is 13.6. The van der Waals surface area contributed by atoms with Crippen molar-refractivity contribution >= 4 is 23.2 Å². The SMILES string of the molecule is CCNc1cc(C(=O)NCCC(N)=O)c([N+](=O)[O-])cc1F. The lowest BCUT2D eigenvalue weighted by Crippen LogP contribution is -2.28. The van der Waals surface area contributed by atoms with Crippen molar-refractivity contribution < 1.29 is 18.9 Å². The predicted octanol–water partition coefficient (Wildman–Crippen LogP) is 0.771. The first-order chi connectivity index (χ1) is 9.86. The standard InChI is InChI=1S/C12H15FN4O4/c1-2-15-9-5-7(10(17(20)21)6-8(9)13)12(19)16-4-3-11(14)18/h5-6,15H,2-4H2,1H3,(H2,14,18)(H,16,19). The molecule has 0 saturated heterocycles. The largest absolute Gasteiger partial charge is 0.383 e. The number of carbonyl (C=O) groups excluding carboxylic acids is 2. The molecule has 1 aromatic rings. The fourth-order valence-corrected chi connectivity index (χ4v) is 1.62. The molecule has 0 aliphatic rings. The van der Waals surface area contributed by atoms with Crippen molar-refractivity contribution in [2.24, 2.45) is 5.73 Å². The Morgan fingerprint density at radius 3 is 2.62 bits per heavy atom. The van der Waals surface area contributed by atoms with Crippen LogP contribution in [0.1, 0.15) is 23.7 Å². The van der Waals surface area contributed by atoms with E-state index < -0.39 is 28.2 Å². The van der Waals surface area contributed by atoms with Crippen LogP contribution in [-0.2, 0) is 4.79 Å². The molecule has 0 heterocycles. The number of benzene rings is 1. The molecule has 0 fully saturated rings. The maximum Gasteiger partial charge on any atom is 0.285 e. The van der Waals surface area contributed by atoms with Gasteiger partial charge in [0.2, 0.25) is 5.91 Å². The lowest BCUT2D eigenvalue weighted by atomic mass is 10.1. The van der Waals surface area contributed by atoms with Crippen molar-refractivity contribution in [2.45, 2.75) is 13.3 Å². The number of primary amides is 1. The Labute approximate surface area is 119 Å². The van der Waals surface area contributed by atoms with Crippen LogP contribution in [0.25, 0.3) is 0 Å². The van der Waals surface area contributed by atoms with Gasteiger partial charge in [-0.3, -0.25) is 19.7 Å². The van der Waals surface area contributed by atoms with E-state index in [1.165, 1.54) is 0 Å². The number of halogens is 1. The van der Waals surface area contributed by atoms with E-state index >= 15 is 0 Å². The Balaban J connectivity index is 3.06. The normalized spacial score (nSPS) is 10.0. The van der Waals surface area contributed by atoms with Gasteiger partial charge in [-0.25, -0.2) is 4.39 Å². The Hall–Kier alpha value is -2.71. The van der Waals surface area contributed by atoms with Crippen LogP contribution >= 0.6 is 0 Å². The molecule has 0 aliphatic carbocycles. The Kier molecular flexibility index (Phi) is 5.58. The summed E-state index contributed by atoms with van der Waals surface area (Å²) in [6.07, 6.45) is -0.0964. The second kappa shape index (κ2) is 7.17. The first-order valence-electron chi connectivity index (χ1n) is 6.15. The van der Waals surface area contributed by atoms with E-state index in [9.17, 15) is 24.1 Å². The molecule has 0 unspecified atom stereocenters. The van der Waals surface area contributed by atoms with Gasteiger partial charge in [0.1, 0.15) is 5.56 Å². The Morgan fingerprint density at radius 1 is 1.43 bits per heavy atom. The van der Waals surface area contributed by atoms with E-state index in [2.05, 4.69) is 10.6 Å². The minimum atomic E-state index is -0.845. The summed E-state index contributed by atoms with van der Waals surface area (Å²) in [5, 5.41) is 15.9. The van der Waals surface area contributed by atoms with Crippen LogP contribution in [0.3, 0.4) is 0 Å². The second-order valence-electron chi connectivity index (χ2n) is 4.11. The molecular weight excluding hydrogens is 283 g/mol. The van der Waals surface area contributed by atoms with Crippen molar-refractivity contribution in [3.05, 3.63) is 33.6 Å². The van der Waals surface area contributed by atoms with Crippen molar-refractivity contribution in [1.29, 1.82) is 0 Å². The molecule has 0 spiro atoms. The third-order valence-electron chi connectivity index (χ3n) is 2.55. The summed E-state index contributed by atoms with van der Waals surface area (Å²) in [6.45, 7) is 2.05. The minimum Gasteiger partial charge on any atom is -0.383 e. The summed E-state index contributed by atoms with van der Waals surface area (Å²) in [4.78, 5) is 32.5. The first kappa shape index (κ1) is 16.3. The molecule has 0 radical (unpaired) electrons. The summed E-state index contributed by atoms with van der Waals surface area (Å²) in [5.41, 5.74) is 3.97. The number of hydrogen-bond donors (Lipinski definition) is 3. The number of nitrogens with two attached hydrogens (primary N) is 1. The van der Waals surface area contributed by atoms with Crippen molar-refractivity contribution in [2.75, 3.05) is 18.4 Å². The number of carbonyl (C=O) groups is 2. The fourth-order valence-electron chi connectivity index (χ4n) is 1.62. The van der Waals surface area contributed by atoms with Gasteiger partial charge in [0, 0.05) is 19.5 Å². The van der Waals surface area contributed by atoms with E-state index in [-0.39, 0.29) is 24.2 Å². The second-order valence-corrected chi connectivity index (χ2v) is 4.11. The third-order valence-corrected chi connectivity index (χ3v) is 2.55. The summed E-state index contributed by atoms with van der Waals surface area (Å²) >= 11 is 0. The van der Waals surface area contributed by atoms with Crippen molar-refractivity contribution in [1.82, 2.24) is 5.32 Å². The summed E-state index contributed by atoms with van der Waals surface area (Å²) in [5.74, 6) is -2.21. The molecule has 21 heavy (non-hydrogen) atoms. The molecule has 0 aliphatic heterocycles. The lowest BCUT2D eigenvalue weighted by molar-refractivity contribution is -0.385. The zero-order valence-electron chi connectivity index (χ0n) is 11.3. The van der Waals surface area contributed by atoms with Crippen molar-refractivity contribution in [3.63, 3.8) is 0 Å². The zero-order valence-corrected chi connectivity index (χ0v) is 11.3. The molecule has 9 heteroatoms. The quantitative estimate of drug-likeness (QED) is 0.506. The summed E-state index contributed by atoms with van der Waals surface area (Å²) in [7, 11) is 0. The van der Waals surface area contributed by atoms with E-state index in [0.717, 1.165) is 6.07 Å². The Morgan fingerprint density at radius 2 is 2.10 bits per heavy atom. The number of amides is 2. The fraction of sp³-hybridized carbons (Fsp3) is 0.333. The van der Waals surface area contributed by atoms with E-state index in [1.807, 2.05) is 0 Å². The highest BCUT2D eigenvalue weighted by Crippen LogP contribution is 2.26. The molecule has 0 aromatic heterocycles. The van der Waals surface area contributed by atoms with E-state index in [1.54, 1.807) is 6.92 Å². The highest BCUT2D eigenvalue weighted by Gasteiger charge is 2.23. The van der Waals surface area contributed by atoms with Crippen LogP contribution in [0.5, 0.6) is 0 Å². The van der Waals surface area contributed by atoms with Crippen LogP contribution in [0.4, 0.5) is 15.8 Å². The summed E-state index contributed by atoms with van der Waals surface area (Å²) in [6, 6.07) is 1.75. The van der Waals surface area contributed by atoms with Crippen LogP contribution in [0, 0.1) is 15.9 Å². The Bertz CT molecular complexity index is 577. The van der Waals surface area contributed by atoms with Gasteiger partial charge >= 0.3 is 0 Å². The molecule has 2 amide bonds. The molecule has 0 atom stereocenters. The number of anilines is 1. The van der Waals surface area contributed by atoms with Gasteiger partial charge in [-0.2, -0.15) is 0 Å². The van der Waals surface area contributed by atoms with E-state index in [0.29, 0.717) is 12.6 Å². The molecular formula is C12H15FN4O4. The lowest BCUT2D eigenvalue weighted by Gasteiger charge is -2.09. The number of nitro groups is 1. The van der Waals surface area contributed by atoms with Gasteiger partial charge in [0.25, 0.3) is 11.6 Å². The maximum absolute atomic E-state index is 13.6. The number of nitrogens with zero attached hydrogens (tertiary/aromatic N) is 1. The number of hydrogen-bond acceptors (Lipinski definition) is 5. The highest BCUT2D eigenvalue weighted by molar-refractivity contribution is 5.99. The molecule has 1 aromatic carbocycles. The van der Waals surface area contributed by atoms with Crippen molar-refractivity contribution in [3.8, 4) is 0 Å². The third kappa shape index (κ3) is 4.41. The average Bonchev–Trinajstić information content (AvgIpc) is 2.40. The molecule has 4 N–H and O–H groups in total. The highest BCUT2D eigenvalue weighted by atomic mass is 19.1. The molecule has 8 nitrogen and oxygen atoms in total. The first-order valence-corrected chi connectivity index (χ1v) is 6.15. The molecule has 114 valence electrons. The van der Waals surface area contributed by atoms with Gasteiger partial charge in [0.15, 0.2) is 5.82 Å². The van der Waals surface area contributed by atoms with Crippen LogP contribution in [-0.4, -0.2) is 29.8 Å². The molecule has 0 bridgehead atoms. The maximum atomic E-state index is 13.6. The number of rotatable bonds is 7. The zero-order chi connectivity index (χ0) is 16.0. The average molecular weight is 298 g/mol. The molecule has 1 rings (SSSR count). The van der Waals surface area contributed by atoms with Crippen LogP contribution in [0.2, 0.25) is 0 Å². The van der Waals surface area contributed by atoms with Crippen LogP contribution < -0.4 is 16.4 Å². The van der Waals surface area contributed by atoms with Gasteiger partial charge < -0.3 is 16.4 Å². The van der Waals surface area contributed by atoms with Gasteiger partial charge in [0.05, 0.1) is 16.7 Å². The molecule has 0 saturated carbocycles. The number of nitrogens with one attached hydrogen (secondary N) is 2. The van der Waals surface area contributed by atoms with E-state index in [4.69, 9.17) is 5.73 Å². The van der Waals surface area contributed by atoms with Gasteiger partial charge in [-0.1, -0.05) is 0 Å². The van der Waals surface area contributed by atoms with Crippen LogP contribution in [0.15, 0.2) is 12.1 Å². The monoisotopic (exact) mass is 298 g/mol. The van der Waals surface area contributed by atoms with Gasteiger partial charge in [-0.15, -0.1) is 0 Å².